The average molecular weight is 261 g/mol. The summed E-state index contributed by atoms with van der Waals surface area (Å²) >= 11 is 0. The van der Waals surface area contributed by atoms with Crippen LogP contribution < -0.4 is 0 Å². The second-order valence-corrected chi connectivity index (χ2v) is 4.87. The second-order valence-electron chi connectivity index (χ2n) is 4.87. The van der Waals surface area contributed by atoms with Crippen molar-refractivity contribution in [3.63, 3.8) is 0 Å². The molecule has 100 valence electrons. The number of carbonyl (C=O) groups is 1. The SMILES string of the molecule is CC1(C)OCC(=O)[C@@H]([C@H](O)c2ccc(C#N)cc2)O1. The van der Waals surface area contributed by atoms with Gasteiger partial charge in [0.25, 0.3) is 0 Å². The Morgan fingerprint density at radius 3 is 2.63 bits per heavy atom. The van der Waals surface area contributed by atoms with Crippen LogP contribution in [0.1, 0.15) is 31.1 Å². The Kier molecular flexibility index (Phi) is 3.67. The number of nitriles is 1. The molecule has 5 heteroatoms. The van der Waals surface area contributed by atoms with Crippen LogP contribution in [0.2, 0.25) is 0 Å². The Morgan fingerprint density at radius 2 is 2.05 bits per heavy atom. The number of hydrogen-bond acceptors (Lipinski definition) is 5. The van der Waals surface area contributed by atoms with Gasteiger partial charge in [-0.25, -0.2) is 0 Å². The van der Waals surface area contributed by atoms with Crippen molar-refractivity contribution >= 4 is 5.78 Å². The molecule has 0 bridgehead atoms. The predicted octanol–water partition coefficient (Wildman–Crippen LogP) is 1.31. The normalized spacial score (nSPS) is 23.7. The number of Topliss-reactive ketones (excluding diaryl/α,β-unsaturated/α-hetero) is 1. The van der Waals surface area contributed by atoms with Crippen molar-refractivity contribution in [2.24, 2.45) is 0 Å². The van der Waals surface area contributed by atoms with Crippen LogP contribution >= 0.6 is 0 Å². The summed E-state index contributed by atoms with van der Waals surface area (Å²) < 4.78 is 10.7. The molecule has 0 spiro atoms. The summed E-state index contributed by atoms with van der Waals surface area (Å²) in [4.78, 5) is 11.8. The van der Waals surface area contributed by atoms with Gasteiger partial charge in [-0.1, -0.05) is 12.1 Å². The number of hydrogen-bond donors (Lipinski definition) is 1. The number of aliphatic hydroxyl groups excluding tert-OH is 1. The Balaban J connectivity index is 2.19. The molecule has 1 fully saturated rings. The van der Waals surface area contributed by atoms with Crippen molar-refractivity contribution in [3.8, 4) is 6.07 Å². The first kappa shape index (κ1) is 13.7. The molecular formula is C14H15NO4. The first-order valence-electron chi connectivity index (χ1n) is 5.95. The molecule has 2 atom stereocenters. The molecule has 1 aromatic carbocycles. The molecule has 0 unspecified atom stereocenters. The van der Waals surface area contributed by atoms with Crippen molar-refractivity contribution in [1.29, 1.82) is 5.26 Å². The van der Waals surface area contributed by atoms with Gasteiger partial charge in [0.1, 0.15) is 12.7 Å². The highest BCUT2D eigenvalue weighted by Gasteiger charge is 2.39. The van der Waals surface area contributed by atoms with Gasteiger partial charge in [-0.2, -0.15) is 5.26 Å². The third-order valence-electron chi connectivity index (χ3n) is 2.96. The highest BCUT2D eigenvalue weighted by Crippen LogP contribution is 2.28. The van der Waals surface area contributed by atoms with Crippen molar-refractivity contribution in [1.82, 2.24) is 0 Å². The number of rotatable bonds is 2. The molecule has 19 heavy (non-hydrogen) atoms. The van der Waals surface area contributed by atoms with E-state index < -0.39 is 18.0 Å². The van der Waals surface area contributed by atoms with Gasteiger partial charge in [-0.3, -0.25) is 4.79 Å². The van der Waals surface area contributed by atoms with Crippen molar-refractivity contribution < 1.29 is 19.4 Å². The van der Waals surface area contributed by atoms with Gasteiger partial charge >= 0.3 is 0 Å². The average Bonchev–Trinajstić information content (AvgIpc) is 2.41. The number of carbonyl (C=O) groups excluding carboxylic acids is 1. The third kappa shape index (κ3) is 2.99. The third-order valence-corrected chi connectivity index (χ3v) is 2.96. The lowest BCUT2D eigenvalue weighted by atomic mass is 9.99. The molecule has 1 aliphatic rings. The highest BCUT2D eigenvalue weighted by molar-refractivity contribution is 5.85. The molecule has 0 saturated carbocycles. The molecule has 1 aliphatic heterocycles. The fourth-order valence-electron chi connectivity index (χ4n) is 1.90. The van der Waals surface area contributed by atoms with Crippen LogP contribution in [0.5, 0.6) is 0 Å². The maximum absolute atomic E-state index is 11.8. The monoisotopic (exact) mass is 261 g/mol. The summed E-state index contributed by atoms with van der Waals surface area (Å²) in [5.74, 6) is -1.19. The first-order chi connectivity index (χ1) is 8.93. The Morgan fingerprint density at radius 1 is 1.42 bits per heavy atom. The topological polar surface area (TPSA) is 79.5 Å². The van der Waals surface area contributed by atoms with Crippen molar-refractivity contribution in [3.05, 3.63) is 35.4 Å². The van der Waals surface area contributed by atoms with E-state index in [1.165, 1.54) is 0 Å². The zero-order valence-corrected chi connectivity index (χ0v) is 10.8. The Hall–Kier alpha value is -1.74. The minimum atomic E-state index is -1.07. The van der Waals surface area contributed by atoms with Crippen LogP contribution in [0.15, 0.2) is 24.3 Å². The minimum Gasteiger partial charge on any atom is -0.385 e. The Labute approximate surface area is 111 Å². The maximum Gasteiger partial charge on any atom is 0.190 e. The standard InChI is InChI=1S/C14H15NO4/c1-14(2)18-8-11(16)13(19-14)12(17)10-5-3-9(7-15)4-6-10/h3-6,12-13,17H,8H2,1-2H3/t12-,13+/m1/s1. The summed E-state index contributed by atoms with van der Waals surface area (Å²) in [6.45, 7) is 3.31. The number of aliphatic hydroxyl groups is 1. The van der Waals surface area contributed by atoms with E-state index in [0.717, 1.165) is 0 Å². The molecule has 1 saturated heterocycles. The lowest BCUT2D eigenvalue weighted by molar-refractivity contribution is -0.271. The maximum atomic E-state index is 11.8. The molecule has 0 aliphatic carbocycles. The Bertz CT molecular complexity index is 515. The van der Waals surface area contributed by atoms with Crippen LogP contribution in [0.25, 0.3) is 0 Å². The zero-order chi connectivity index (χ0) is 14.0. The highest BCUT2D eigenvalue weighted by atomic mass is 16.7. The zero-order valence-electron chi connectivity index (χ0n) is 10.8. The van der Waals surface area contributed by atoms with E-state index in [4.69, 9.17) is 14.7 Å². The van der Waals surface area contributed by atoms with E-state index in [1.54, 1.807) is 38.1 Å². The quantitative estimate of drug-likeness (QED) is 0.868. The molecule has 1 N–H and O–H groups in total. The number of nitrogens with zero attached hydrogens (tertiary/aromatic N) is 1. The van der Waals surface area contributed by atoms with E-state index in [0.29, 0.717) is 11.1 Å². The van der Waals surface area contributed by atoms with E-state index in [-0.39, 0.29) is 12.4 Å². The van der Waals surface area contributed by atoms with Crippen LogP contribution in [0.4, 0.5) is 0 Å². The van der Waals surface area contributed by atoms with Gasteiger partial charge < -0.3 is 14.6 Å². The molecular weight excluding hydrogens is 246 g/mol. The number of benzene rings is 1. The number of ketones is 1. The van der Waals surface area contributed by atoms with Gasteiger partial charge in [0, 0.05) is 0 Å². The van der Waals surface area contributed by atoms with Crippen LogP contribution in [-0.2, 0) is 14.3 Å². The van der Waals surface area contributed by atoms with Gasteiger partial charge in [0.05, 0.1) is 11.6 Å². The van der Waals surface area contributed by atoms with E-state index in [9.17, 15) is 9.90 Å². The lowest BCUT2D eigenvalue weighted by Gasteiger charge is -2.36. The summed E-state index contributed by atoms with van der Waals surface area (Å²) in [7, 11) is 0. The van der Waals surface area contributed by atoms with Crippen molar-refractivity contribution in [2.45, 2.75) is 31.8 Å². The molecule has 0 radical (unpaired) electrons. The van der Waals surface area contributed by atoms with Gasteiger partial charge in [-0.15, -0.1) is 0 Å². The summed E-state index contributed by atoms with van der Waals surface area (Å²) in [6, 6.07) is 8.40. The molecule has 0 amide bonds. The fraction of sp³-hybridized carbons (Fsp3) is 0.429. The first-order valence-corrected chi connectivity index (χ1v) is 5.95. The molecule has 0 aromatic heterocycles. The van der Waals surface area contributed by atoms with Crippen molar-refractivity contribution in [2.75, 3.05) is 6.61 Å². The van der Waals surface area contributed by atoms with Crippen LogP contribution in [-0.4, -0.2) is 29.4 Å². The second kappa shape index (κ2) is 5.10. The molecule has 1 heterocycles. The van der Waals surface area contributed by atoms with Gasteiger partial charge in [0.2, 0.25) is 0 Å². The number of ether oxygens (including phenoxy) is 2. The summed E-state index contributed by atoms with van der Waals surface area (Å²) in [5.41, 5.74) is 1.03. The van der Waals surface area contributed by atoms with Gasteiger partial charge in [-0.05, 0) is 31.5 Å². The summed E-state index contributed by atoms with van der Waals surface area (Å²) in [6.07, 6.45) is -2.01. The summed E-state index contributed by atoms with van der Waals surface area (Å²) in [5, 5.41) is 18.9. The largest absolute Gasteiger partial charge is 0.385 e. The molecule has 5 nitrogen and oxygen atoms in total. The fourth-order valence-corrected chi connectivity index (χ4v) is 1.90. The van der Waals surface area contributed by atoms with Crippen LogP contribution in [0.3, 0.4) is 0 Å². The van der Waals surface area contributed by atoms with E-state index in [2.05, 4.69) is 0 Å². The van der Waals surface area contributed by atoms with Gasteiger partial charge in [0.15, 0.2) is 17.7 Å². The minimum absolute atomic E-state index is 0.0784. The molecule has 1 aromatic rings. The van der Waals surface area contributed by atoms with E-state index in [1.807, 2.05) is 6.07 Å². The van der Waals surface area contributed by atoms with E-state index >= 15 is 0 Å². The molecule has 2 rings (SSSR count). The smallest absolute Gasteiger partial charge is 0.190 e. The predicted molar refractivity (Wildman–Crippen MR) is 66.0 cm³/mol. The van der Waals surface area contributed by atoms with Crippen LogP contribution in [0, 0.1) is 11.3 Å². The lowest BCUT2D eigenvalue weighted by Crippen LogP contribution is -2.48.